The standard InChI is InChI=1S/C28H28Cl2N4O3/c1-4-24(33(16-17-37-3)28(36)32-23-11-7-9-21(29)25(23)30)26-31-22-10-6-5-8-20(22)27(35)34(26)19-14-12-18(2)13-15-19/h5-15,24H,4,16-17H2,1-3H3,(H,32,36). The highest BCUT2D eigenvalue weighted by atomic mass is 35.5. The number of fused-ring (bicyclic) bond motifs is 1. The summed E-state index contributed by atoms with van der Waals surface area (Å²) in [5.41, 5.74) is 2.49. The summed E-state index contributed by atoms with van der Waals surface area (Å²) in [7, 11) is 1.57. The summed E-state index contributed by atoms with van der Waals surface area (Å²) in [5.74, 6) is 0.457. The van der Waals surface area contributed by atoms with Crippen LogP contribution in [0.15, 0.2) is 71.5 Å². The lowest BCUT2D eigenvalue weighted by Gasteiger charge is -2.32. The molecule has 0 radical (unpaired) electrons. The number of halogens is 2. The quantitative estimate of drug-likeness (QED) is 0.273. The highest BCUT2D eigenvalue weighted by molar-refractivity contribution is 6.43. The van der Waals surface area contributed by atoms with E-state index < -0.39 is 12.1 Å². The van der Waals surface area contributed by atoms with Crippen molar-refractivity contribution in [3.05, 3.63) is 98.5 Å². The van der Waals surface area contributed by atoms with Gasteiger partial charge in [-0.25, -0.2) is 9.78 Å². The molecular formula is C28H28Cl2N4O3. The minimum atomic E-state index is -0.549. The zero-order chi connectivity index (χ0) is 26.5. The van der Waals surface area contributed by atoms with Gasteiger partial charge >= 0.3 is 6.03 Å². The molecule has 1 N–H and O–H groups in total. The number of aromatic nitrogens is 2. The van der Waals surface area contributed by atoms with Crippen LogP contribution in [-0.4, -0.2) is 40.7 Å². The number of rotatable bonds is 8. The minimum absolute atomic E-state index is 0.201. The number of carbonyl (C=O) groups is 1. The van der Waals surface area contributed by atoms with Crippen LogP contribution in [-0.2, 0) is 4.74 Å². The molecule has 0 aliphatic carbocycles. The minimum Gasteiger partial charge on any atom is -0.383 e. The molecule has 37 heavy (non-hydrogen) atoms. The number of benzene rings is 3. The Morgan fingerprint density at radius 2 is 1.81 bits per heavy atom. The molecule has 9 heteroatoms. The normalized spacial score (nSPS) is 11.9. The first-order valence-corrected chi connectivity index (χ1v) is 12.7. The van der Waals surface area contributed by atoms with Crippen molar-refractivity contribution >= 4 is 45.8 Å². The fourth-order valence-electron chi connectivity index (χ4n) is 4.24. The highest BCUT2D eigenvalue weighted by Crippen LogP contribution is 2.31. The van der Waals surface area contributed by atoms with Gasteiger partial charge in [0.2, 0.25) is 0 Å². The lowest BCUT2D eigenvalue weighted by Crippen LogP contribution is -2.42. The van der Waals surface area contributed by atoms with E-state index in [0.717, 1.165) is 5.56 Å². The number of ether oxygens (including phenoxy) is 1. The van der Waals surface area contributed by atoms with Crippen molar-refractivity contribution in [1.82, 2.24) is 14.5 Å². The molecule has 4 rings (SSSR count). The summed E-state index contributed by atoms with van der Waals surface area (Å²) in [6, 6.07) is 18.9. The van der Waals surface area contributed by atoms with E-state index in [-0.39, 0.29) is 23.7 Å². The second kappa shape index (κ2) is 11.8. The number of hydrogen-bond donors (Lipinski definition) is 1. The third-order valence-corrected chi connectivity index (χ3v) is 6.96. The largest absolute Gasteiger partial charge is 0.383 e. The maximum Gasteiger partial charge on any atom is 0.322 e. The number of urea groups is 1. The fraction of sp³-hybridized carbons (Fsp3) is 0.250. The topological polar surface area (TPSA) is 76.5 Å². The Kier molecular flexibility index (Phi) is 8.48. The van der Waals surface area contributed by atoms with Crippen LogP contribution in [0.4, 0.5) is 10.5 Å². The molecule has 2 amide bonds. The summed E-state index contributed by atoms with van der Waals surface area (Å²) in [6.07, 6.45) is 0.497. The van der Waals surface area contributed by atoms with Crippen LogP contribution in [0, 0.1) is 6.92 Å². The second-order valence-corrected chi connectivity index (χ2v) is 9.39. The average molecular weight is 539 g/mol. The molecule has 3 aromatic carbocycles. The molecule has 0 saturated heterocycles. The van der Waals surface area contributed by atoms with Gasteiger partial charge in [0.05, 0.1) is 45.0 Å². The lowest BCUT2D eigenvalue weighted by molar-refractivity contribution is 0.131. The van der Waals surface area contributed by atoms with Gasteiger partial charge < -0.3 is 15.0 Å². The van der Waals surface area contributed by atoms with Crippen molar-refractivity contribution in [2.75, 3.05) is 25.6 Å². The summed E-state index contributed by atoms with van der Waals surface area (Å²) in [5, 5.41) is 3.94. The number of anilines is 1. The molecule has 0 saturated carbocycles. The van der Waals surface area contributed by atoms with Gasteiger partial charge in [-0.3, -0.25) is 9.36 Å². The summed E-state index contributed by atoms with van der Waals surface area (Å²) >= 11 is 12.5. The Bertz CT molecular complexity index is 1470. The highest BCUT2D eigenvalue weighted by Gasteiger charge is 2.29. The first-order chi connectivity index (χ1) is 17.8. The van der Waals surface area contributed by atoms with Crippen molar-refractivity contribution in [2.24, 2.45) is 0 Å². The molecule has 1 heterocycles. The molecule has 7 nitrogen and oxygen atoms in total. The van der Waals surface area contributed by atoms with E-state index in [4.69, 9.17) is 32.9 Å². The number of carbonyl (C=O) groups excluding carboxylic acids is 1. The van der Waals surface area contributed by atoms with Crippen LogP contribution in [0.25, 0.3) is 16.6 Å². The molecule has 0 aliphatic heterocycles. The monoisotopic (exact) mass is 538 g/mol. The average Bonchev–Trinajstić information content (AvgIpc) is 2.90. The van der Waals surface area contributed by atoms with E-state index in [2.05, 4.69) is 5.32 Å². The Balaban J connectivity index is 1.87. The van der Waals surface area contributed by atoms with Gasteiger partial charge in [-0.2, -0.15) is 0 Å². The molecule has 1 atom stereocenters. The van der Waals surface area contributed by atoms with Crippen LogP contribution in [0.3, 0.4) is 0 Å². The lowest BCUT2D eigenvalue weighted by atomic mass is 10.1. The molecular weight excluding hydrogens is 511 g/mol. The number of nitrogens with zero attached hydrogens (tertiary/aromatic N) is 3. The van der Waals surface area contributed by atoms with Gasteiger partial charge in [0.1, 0.15) is 5.82 Å². The van der Waals surface area contributed by atoms with Gasteiger partial charge in [-0.05, 0) is 49.7 Å². The molecule has 0 fully saturated rings. The van der Waals surface area contributed by atoms with E-state index in [0.29, 0.717) is 39.5 Å². The fourth-order valence-corrected chi connectivity index (χ4v) is 4.58. The van der Waals surface area contributed by atoms with E-state index in [1.54, 1.807) is 46.9 Å². The molecule has 1 unspecified atom stereocenters. The number of nitrogens with one attached hydrogen (secondary N) is 1. The van der Waals surface area contributed by atoms with Crippen LogP contribution >= 0.6 is 23.2 Å². The first kappa shape index (κ1) is 26.7. The predicted octanol–water partition coefficient (Wildman–Crippen LogP) is 6.63. The number of aryl methyl sites for hydroxylation is 1. The van der Waals surface area contributed by atoms with E-state index in [1.807, 2.05) is 50.2 Å². The number of hydrogen-bond acceptors (Lipinski definition) is 4. The Morgan fingerprint density at radius 1 is 1.08 bits per heavy atom. The van der Waals surface area contributed by atoms with Crippen molar-refractivity contribution in [3.8, 4) is 5.69 Å². The first-order valence-electron chi connectivity index (χ1n) is 11.9. The molecule has 0 aliphatic rings. The van der Waals surface area contributed by atoms with Gasteiger partial charge in [0.25, 0.3) is 5.56 Å². The number of amides is 2. The van der Waals surface area contributed by atoms with Crippen LogP contribution in [0.2, 0.25) is 10.0 Å². The van der Waals surface area contributed by atoms with Crippen molar-refractivity contribution in [2.45, 2.75) is 26.3 Å². The van der Waals surface area contributed by atoms with Crippen LogP contribution in [0.1, 0.15) is 30.8 Å². The predicted molar refractivity (Wildman–Crippen MR) is 149 cm³/mol. The molecule has 1 aromatic heterocycles. The Hall–Kier alpha value is -3.39. The third-order valence-electron chi connectivity index (χ3n) is 6.15. The van der Waals surface area contributed by atoms with Gasteiger partial charge in [0, 0.05) is 13.7 Å². The maximum atomic E-state index is 13.8. The van der Waals surface area contributed by atoms with E-state index in [1.165, 1.54) is 0 Å². The van der Waals surface area contributed by atoms with Gasteiger partial charge in [-0.1, -0.05) is 66.0 Å². The summed E-state index contributed by atoms with van der Waals surface area (Å²) in [4.78, 5) is 33.9. The van der Waals surface area contributed by atoms with Gasteiger partial charge in [-0.15, -0.1) is 0 Å². The van der Waals surface area contributed by atoms with Crippen molar-refractivity contribution < 1.29 is 9.53 Å². The third kappa shape index (κ3) is 5.64. The van der Waals surface area contributed by atoms with Crippen LogP contribution < -0.4 is 10.9 Å². The summed E-state index contributed by atoms with van der Waals surface area (Å²) in [6.45, 7) is 4.48. The molecule has 4 aromatic rings. The molecule has 192 valence electrons. The van der Waals surface area contributed by atoms with Crippen molar-refractivity contribution in [3.63, 3.8) is 0 Å². The smallest absolute Gasteiger partial charge is 0.322 e. The molecule has 0 spiro atoms. The molecule has 0 bridgehead atoms. The second-order valence-electron chi connectivity index (χ2n) is 8.61. The number of para-hydroxylation sites is 1. The van der Waals surface area contributed by atoms with E-state index >= 15 is 0 Å². The zero-order valence-electron chi connectivity index (χ0n) is 20.9. The Morgan fingerprint density at radius 3 is 2.51 bits per heavy atom. The van der Waals surface area contributed by atoms with E-state index in [9.17, 15) is 9.59 Å². The SMILES string of the molecule is CCC(c1nc2ccccc2c(=O)n1-c1ccc(C)cc1)N(CCOC)C(=O)Nc1cccc(Cl)c1Cl. The number of methoxy groups -OCH3 is 1. The van der Waals surface area contributed by atoms with Crippen molar-refractivity contribution in [1.29, 1.82) is 0 Å². The zero-order valence-corrected chi connectivity index (χ0v) is 22.4. The summed E-state index contributed by atoms with van der Waals surface area (Å²) < 4.78 is 6.90. The maximum absolute atomic E-state index is 13.8. The Labute approximate surface area is 225 Å². The van der Waals surface area contributed by atoms with Gasteiger partial charge in [0.15, 0.2) is 0 Å². The van der Waals surface area contributed by atoms with Crippen LogP contribution in [0.5, 0.6) is 0 Å².